The zero-order chi connectivity index (χ0) is 17.6. The van der Waals surface area contributed by atoms with Gasteiger partial charge in [0.25, 0.3) is 10.0 Å². The average Bonchev–Trinajstić information content (AvgIpc) is 2.60. The summed E-state index contributed by atoms with van der Waals surface area (Å²) in [4.78, 5) is 12.3. The quantitative estimate of drug-likeness (QED) is 0.463. The molecule has 0 saturated carbocycles. The van der Waals surface area contributed by atoms with Gasteiger partial charge in [-0.05, 0) is 36.4 Å². The molecule has 24 heavy (non-hydrogen) atoms. The van der Waals surface area contributed by atoms with Crippen molar-refractivity contribution in [3.63, 3.8) is 0 Å². The summed E-state index contributed by atoms with van der Waals surface area (Å²) in [5.74, 6) is 0.158. The Hall–Kier alpha value is -2.25. The number of sulfonamides is 1. The highest BCUT2D eigenvalue weighted by Gasteiger charge is 2.17. The number of thioether (sulfide) groups is 1. The fourth-order valence-electron chi connectivity index (χ4n) is 1.92. The van der Waals surface area contributed by atoms with Crippen LogP contribution < -0.4 is 4.72 Å². The van der Waals surface area contributed by atoms with E-state index in [2.05, 4.69) is 16.0 Å². The van der Waals surface area contributed by atoms with Crippen LogP contribution in [0.25, 0.3) is 0 Å². The second-order valence-electron chi connectivity index (χ2n) is 4.72. The van der Waals surface area contributed by atoms with Crippen molar-refractivity contribution in [1.82, 2.24) is 0 Å². The summed E-state index contributed by atoms with van der Waals surface area (Å²) < 4.78 is 32.2. The van der Waals surface area contributed by atoms with Crippen molar-refractivity contribution in [3.05, 3.63) is 66.7 Å². The van der Waals surface area contributed by atoms with Crippen LogP contribution in [0.4, 0.5) is 5.69 Å². The maximum Gasteiger partial charge on any atom is 0.337 e. The molecular weight excluding hydrogens is 346 g/mol. The summed E-state index contributed by atoms with van der Waals surface area (Å²) in [5, 5.41) is 0. The Morgan fingerprint density at radius 3 is 2.50 bits per heavy atom. The molecule has 0 unspecified atom stereocenters. The van der Waals surface area contributed by atoms with Crippen molar-refractivity contribution in [2.75, 3.05) is 17.6 Å². The van der Waals surface area contributed by atoms with E-state index in [0.29, 0.717) is 17.0 Å². The molecule has 0 heterocycles. The van der Waals surface area contributed by atoms with E-state index in [0.717, 1.165) is 4.90 Å². The molecule has 126 valence electrons. The number of para-hydroxylation sites is 1. The van der Waals surface area contributed by atoms with Crippen molar-refractivity contribution in [2.45, 2.75) is 9.79 Å². The topological polar surface area (TPSA) is 72.5 Å². The minimum atomic E-state index is -3.75. The molecule has 0 atom stereocenters. The zero-order valence-electron chi connectivity index (χ0n) is 13.1. The highest BCUT2D eigenvalue weighted by atomic mass is 32.2. The molecule has 0 bridgehead atoms. The molecule has 0 aromatic heterocycles. The molecule has 0 spiro atoms. The SMILES string of the molecule is C=CCSc1ccccc1NS(=O)(=O)c1ccc(C(=O)OC)cc1. The molecule has 0 saturated heterocycles. The van der Waals surface area contributed by atoms with E-state index < -0.39 is 16.0 Å². The number of ether oxygens (including phenoxy) is 1. The van der Waals surface area contributed by atoms with Gasteiger partial charge in [0.1, 0.15) is 0 Å². The predicted octanol–water partition coefficient (Wildman–Crippen LogP) is 3.55. The van der Waals surface area contributed by atoms with Gasteiger partial charge in [0.05, 0.1) is 23.3 Å². The monoisotopic (exact) mass is 363 g/mol. The van der Waals surface area contributed by atoms with Gasteiger partial charge in [0.2, 0.25) is 0 Å². The van der Waals surface area contributed by atoms with E-state index in [-0.39, 0.29) is 4.90 Å². The van der Waals surface area contributed by atoms with Gasteiger partial charge in [-0.15, -0.1) is 18.3 Å². The molecule has 2 aromatic carbocycles. The number of methoxy groups -OCH3 is 1. The summed E-state index contributed by atoms with van der Waals surface area (Å²) in [6, 6.07) is 12.7. The molecule has 0 aliphatic rings. The summed E-state index contributed by atoms with van der Waals surface area (Å²) in [7, 11) is -2.48. The van der Waals surface area contributed by atoms with Gasteiger partial charge in [-0.25, -0.2) is 13.2 Å². The Labute approximate surface area is 145 Å². The van der Waals surface area contributed by atoms with Crippen molar-refractivity contribution >= 4 is 33.4 Å². The van der Waals surface area contributed by atoms with Gasteiger partial charge in [0, 0.05) is 10.6 Å². The lowest BCUT2D eigenvalue weighted by Gasteiger charge is -2.12. The molecule has 0 aliphatic carbocycles. The molecule has 2 rings (SSSR count). The van der Waals surface area contributed by atoms with Gasteiger partial charge in [-0.1, -0.05) is 18.2 Å². The van der Waals surface area contributed by atoms with Crippen LogP contribution in [0.1, 0.15) is 10.4 Å². The van der Waals surface area contributed by atoms with E-state index in [9.17, 15) is 13.2 Å². The fourth-order valence-corrected chi connectivity index (χ4v) is 3.81. The van der Waals surface area contributed by atoms with E-state index in [1.807, 2.05) is 12.1 Å². The lowest BCUT2D eigenvalue weighted by molar-refractivity contribution is 0.0600. The van der Waals surface area contributed by atoms with Crippen molar-refractivity contribution in [2.24, 2.45) is 0 Å². The number of anilines is 1. The summed E-state index contributed by atoms with van der Waals surface area (Å²) in [6.45, 7) is 3.66. The standard InChI is InChI=1S/C17H17NO4S2/c1-3-12-23-16-7-5-4-6-15(16)18-24(20,21)14-10-8-13(9-11-14)17(19)22-2/h3-11,18H,1,12H2,2H3. The van der Waals surface area contributed by atoms with Gasteiger partial charge < -0.3 is 4.74 Å². The third-order valence-corrected chi connectivity index (χ3v) is 5.52. The molecule has 0 radical (unpaired) electrons. The average molecular weight is 363 g/mol. The van der Waals surface area contributed by atoms with Crippen LogP contribution in [-0.2, 0) is 14.8 Å². The largest absolute Gasteiger partial charge is 0.465 e. The summed E-state index contributed by atoms with van der Waals surface area (Å²) in [5.41, 5.74) is 0.791. The zero-order valence-corrected chi connectivity index (χ0v) is 14.7. The molecule has 2 aromatic rings. The number of rotatable bonds is 7. The van der Waals surface area contributed by atoms with Gasteiger partial charge in [-0.3, -0.25) is 4.72 Å². The van der Waals surface area contributed by atoms with Crippen LogP contribution in [0.3, 0.4) is 0 Å². The molecule has 0 aliphatic heterocycles. The van der Waals surface area contributed by atoms with Crippen molar-refractivity contribution in [1.29, 1.82) is 0 Å². The first-order chi connectivity index (χ1) is 11.5. The smallest absolute Gasteiger partial charge is 0.337 e. The Bertz CT molecular complexity index is 830. The Morgan fingerprint density at radius 1 is 1.21 bits per heavy atom. The van der Waals surface area contributed by atoms with Crippen molar-refractivity contribution in [3.8, 4) is 0 Å². The first kappa shape index (κ1) is 18.1. The van der Waals surface area contributed by atoms with Gasteiger partial charge in [0.15, 0.2) is 0 Å². The minimum Gasteiger partial charge on any atom is -0.465 e. The first-order valence-electron chi connectivity index (χ1n) is 7.02. The molecule has 1 N–H and O–H groups in total. The number of hydrogen-bond acceptors (Lipinski definition) is 5. The number of esters is 1. The highest BCUT2D eigenvalue weighted by Crippen LogP contribution is 2.29. The number of nitrogens with one attached hydrogen (secondary N) is 1. The highest BCUT2D eigenvalue weighted by molar-refractivity contribution is 7.99. The van der Waals surface area contributed by atoms with E-state index in [1.54, 1.807) is 18.2 Å². The third kappa shape index (κ3) is 4.39. The first-order valence-corrected chi connectivity index (χ1v) is 9.48. The Kier molecular flexibility index (Phi) is 6.05. The third-order valence-electron chi connectivity index (χ3n) is 3.07. The maximum absolute atomic E-state index is 12.5. The second kappa shape index (κ2) is 8.03. The molecule has 0 fully saturated rings. The fraction of sp³-hybridized carbons (Fsp3) is 0.118. The number of carbonyl (C=O) groups is 1. The normalized spacial score (nSPS) is 10.9. The molecular formula is C17H17NO4S2. The number of hydrogen-bond donors (Lipinski definition) is 1. The van der Waals surface area contributed by atoms with Crippen LogP contribution in [0.15, 0.2) is 71.0 Å². The van der Waals surface area contributed by atoms with Gasteiger partial charge in [-0.2, -0.15) is 0 Å². The van der Waals surface area contributed by atoms with E-state index in [1.165, 1.54) is 43.1 Å². The summed E-state index contributed by atoms with van der Waals surface area (Å²) in [6.07, 6.45) is 1.75. The number of benzene rings is 2. The minimum absolute atomic E-state index is 0.0682. The van der Waals surface area contributed by atoms with Crippen LogP contribution in [0.2, 0.25) is 0 Å². The Balaban J connectivity index is 2.25. The van der Waals surface area contributed by atoms with Gasteiger partial charge >= 0.3 is 5.97 Å². The summed E-state index contributed by atoms with van der Waals surface area (Å²) >= 11 is 1.49. The number of carbonyl (C=O) groups excluding carboxylic acids is 1. The molecule has 5 nitrogen and oxygen atoms in total. The van der Waals surface area contributed by atoms with Crippen LogP contribution in [0.5, 0.6) is 0 Å². The lowest BCUT2D eigenvalue weighted by Crippen LogP contribution is -2.14. The van der Waals surface area contributed by atoms with E-state index in [4.69, 9.17) is 0 Å². The molecule has 7 heteroatoms. The van der Waals surface area contributed by atoms with Crippen molar-refractivity contribution < 1.29 is 17.9 Å². The lowest BCUT2D eigenvalue weighted by atomic mass is 10.2. The molecule has 0 amide bonds. The van der Waals surface area contributed by atoms with Crippen LogP contribution in [0, 0.1) is 0 Å². The van der Waals surface area contributed by atoms with Crippen LogP contribution in [-0.4, -0.2) is 27.2 Å². The Morgan fingerprint density at radius 2 is 1.88 bits per heavy atom. The maximum atomic E-state index is 12.5. The van der Waals surface area contributed by atoms with Crippen LogP contribution >= 0.6 is 11.8 Å². The van der Waals surface area contributed by atoms with E-state index >= 15 is 0 Å². The second-order valence-corrected chi connectivity index (χ2v) is 7.46. The predicted molar refractivity (Wildman–Crippen MR) is 96.0 cm³/mol.